The summed E-state index contributed by atoms with van der Waals surface area (Å²) in [5.74, 6) is -1.39. The Labute approximate surface area is 144 Å². The van der Waals surface area contributed by atoms with Gasteiger partial charge in [-0.1, -0.05) is 0 Å². The van der Waals surface area contributed by atoms with Crippen LogP contribution in [-0.4, -0.2) is 53.1 Å². The molecular formula is C17H18F2N4O2. The first-order chi connectivity index (χ1) is 12.0. The quantitative estimate of drug-likeness (QED) is 0.844. The van der Waals surface area contributed by atoms with Crippen LogP contribution in [-0.2, 0) is 4.79 Å². The third-order valence-corrected chi connectivity index (χ3v) is 3.98. The second-order valence-electron chi connectivity index (χ2n) is 5.70. The average molecular weight is 348 g/mol. The molecule has 25 heavy (non-hydrogen) atoms. The molecule has 1 saturated heterocycles. The Morgan fingerprint density at radius 1 is 1.12 bits per heavy atom. The average Bonchev–Trinajstić information content (AvgIpc) is 2.65. The van der Waals surface area contributed by atoms with Gasteiger partial charge < -0.3 is 14.5 Å². The van der Waals surface area contributed by atoms with E-state index >= 15 is 0 Å². The lowest BCUT2D eigenvalue weighted by atomic mass is 10.2. The first kappa shape index (κ1) is 17.1. The van der Waals surface area contributed by atoms with Gasteiger partial charge in [0.05, 0.1) is 0 Å². The molecule has 1 amide bonds. The van der Waals surface area contributed by atoms with E-state index in [1.165, 1.54) is 6.07 Å². The molecule has 1 aliphatic heterocycles. The van der Waals surface area contributed by atoms with Crippen molar-refractivity contribution >= 4 is 11.9 Å². The highest BCUT2D eigenvalue weighted by molar-refractivity contribution is 5.81. The van der Waals surface area contributed by atoms with Gasteiger partial charge in [0.15, 0.2) is 17.7 Å². The number of ether oxygens (including phenoxy) is 1. The van der Waals surface area contributed by atoms with Gasteiger partial charge >= 0.3 is 0 Å². The SMILES string of the molecule is CC(Oc1ccc(F)c(F)c1)C(=O)N1CCN(c2ncccn2)CC1. The van der Waals surface area contributed by atoms with Crippen molar-refractivity contribution in [3.05, 3.63) is 48.3 Å². The number of hydrogen-bond donors (Lipinski definition) is 0. The van der Waals surface area contributed by atoms with Gasteiger partial charge in [-0.15, -0.1) is 0 Å². The highest BCUT2D eigenvalue weighted by atomic mass is 19.2. The summed E-state index contributed by atoms with van der Waals surface area (Å²) in [7, 11) is 0. The monoisotopic (exact) mass is 348 g/mol. The third kappa shape index (κ3) is 4.01. The zero-order chi connectivity index (χ0) is 17.8. The van der Waals surface area contributed by atoms with E-state index < -0.39 is 17.7 Å². The summed E-state index contributed by atoms with van der Waals surface area (Å²) in [5, 5.41) is 0. The van der Waals surface area contributed by atoms with Crippen molar-refractivity contribution in [2.24, 2.45) is 0 Å². The first-order valence-corrected chi connectivity index (χ1v) is 7.97. The molecule has 2 aromatic rings. The van der Waals surface area contributed by atoms with E-state index in [0.29, 0.717) is 32.1 Å². The lowest BCUT2D eigenvalue weighted by Crippen LogP contribution is -2.52. The number of hydrogen-bond acceptors (Lipinski definition) is 5. The van der Waals surface area contributed by atoms with E-state index in [9.17, 15) is 13.6 Å². The van der Waals surface area contributed by atoms with E-state index in [4.69, 9.17) is 4.74 Å². The zero-order valence-corrected chi connectivity index (χ0v) is 13.7. The molecule has 1 unspecified atom stereocenters. The number of aromatic nitrogens is 2. The van der Waals surface area contributed by atoms with Crippen LogP contribution in [0.2, 0.25) is 0 Å². The van der Waals surface area contributed by atoms with Gasteiger partial charge in [-0.2, -0.15) is 0 Å². The second-order valence-corrected chi connectivity index (χ2v) is 5.70. The molecule has 3 rings (SSSR count). The molecular weight excluding hydrogens is 330 g/mol. The molecule has 0 bridgehead atoms. The molecule has 0 radical (unpaired) electrons. The molecule has 0 N–H and O–H groups in total. The summed E-state index contributed by atoms with van der Waals surface area (Å²) in [5.41, 5.74) is 0. The Bertz CT molecular complexity index is 737. The molecule has 0 saturated carbocycles. The van der Waals surface area contributed by atoms with E-state index in [0.717, 1.165) is 12.1 Å². The maximum atomic E-state index is 13.2. The van der Waals surface area contributed by atoms with Gasteiger partial charge in [-0.3, -0.25) is 4.79 Å². The summed E-state index contributed by atoms with van der Waals surface area (Å²) in [6.07, 6.45) is 2.57. The van der Waals surface area contributed by atoms with Crippen LogP contribution < -0.4 is 9.64 Å². The largest absolute Gasteiger partial charge is 0.481 e. The molecule has 0 spiro atoms. The number of benzene rings is 1. The van der Waals surface area contributed by atoms with Gasteiger partial charge in [0.2, 0.25) is 5.95 Å². The smallest absolute Gasteiger partial charge is 0.263 e. The lowest BCUT2D eigenvalue weighted by Gasteiger charge is -2.35. The number of amides is 1. The van der Waals surface area contributed by atoms with Crippen molar-refractivity contribution in [1.82, 2.24) is 14.9 Å². The number of halogens is 2. The van der Waals surface area contributed by atoms with Crippen LogP contribution in [0.5, 0.6) is 5.75 Å². The number of piperazine rings is 1. The van der Waals surface area contributed by atoms with Crippen LogP contribution in [0.15, 0.2) is 36.7 Å². The zero-order valence-electron chi connectivity index (χ0n) is 13.7. The number of carbonyl (C=O) groups is 1. The van der Waals surface area contributed by atoms with Crippen molar-refractivity contribution in [3.8, 4) is 5.75 Å². The Kier molecular flexibility index (Phi) is 5.06. The van der Waals surface area contributed by atoms with E-state index in [2.05, 4.69) is 9.97 Å². The Balaban J connectivity index is 1.55. The molecule has 2 heterocycles. The van der Waals surface area contributed by atoms with Crippen LogP contribution in [0.25, 0.3) is 0 Å². The molecule has 1 aromatic heterocycles. The fourth-order valence-electron chi connectivity index (χ4n) is 2.64. The number of anilines is 1. The Morgan fingerprint density at radius 3 is 2.44 bits per heavy atom. The van der Waals surface area contributed by atoms with Crippen LogP contribution in [0.1, 0.15) is 6.92 Å². The maximum absolute atomic E-state index is 13.2. The van der Waals surface area contributed by atoms with Crippen molar-refractivity contribution < 1.29 is 18.3 Å². The summed E-state index contributed by atoms with van der Waals surface area (Å²) < 4.78 is 31.6. The fraction of sp³-hybridized carbons (Fsp3) is 0.353. The van der Waals surface area contributed by atoms with Crippen molar-refractivity contribution in [2.75, 3.05) is 31.1 Å². The van der Waals surface area contributed by atoms with E-state index in [-0.39, 0.29) is 11.7 Å². The minimum Gasteiger partial charge on any atom is -0.481 e. The molecule has 6 nitrogen and oxygen atoms in total. The maximum Gasteiger partial charge on any atom is 0.263 e. The van der Waals surface area contributed by atoms with Gasteiger partial charge in [0.25, 0.3) is 5.91 Å². The summed E-state index contributed by atoms with van der Waals surface area (Å²) in [4.78, 5) is 24.6. The molecule has 8 heteroatoms. The second kappa shape index (κ2) is 7.42. The fourth-order valence-corrected chi connectivity index (χ4v) is 2.64. The highest BCUT2D eigenvalue weighted by Gasteiger charge is 2.27. The molecule has 0 aliphatic carbocycles. The Morgan fingerprint density at radius 2 is 1.80 bits per heavy atom. The standard InChI is InChI=1S/C17H18F2N4O2/c1-12(25-13-3-4-14(18)15(19)11-13)16(24)22-7-9-23(10-8-22)17-20-5-2-6-21-17/h2-6,11-12H,7-10H2,1H3. The predicted molar refractivity (Wildman–Crippen MR) is 87.3 cm³/mol. The van der Waals surface area contributed by atoms with E-state index in [1.807, 2.05) is 4.90 Å². The molecule has 1 aromatic carbocycles. The van der Waals surface area contributed by atoms with Crippen LogP contribution in [0.3, 0.4) is 0 Å². The molecule has 1 fully saturated rings. The van der Waals surface area contributed by atoms with Crippen molar-refractivity contribution in [1.29, 1.82) is 0 Å². The predicted octanol–water partition coefficient (Wildman–Crippen LogP) is 1.87. The van der Waals surface area contributed by atoms with Crippen LogP contribution >= 0.6 is 0 Å². The summed E-state index contributed by atoms with van der Waals surface area (Å²) in [6, 6.07) is 4.96. The number of carbonyl (C=O) groups excluding carboxylic acids is 1. The van der Waals surface area contributed by atoms with Crippen LogP contribution in [0.4, 0.5) is 14.7 Å². The van der Waals surface area contributed by atoms with Crippen LogP contribution in [0, 0.1) is 11.6 Å². The summed E-state index contributed by atoms with van der Waals surface area (Å²) >= 11 is 0. The highest BCUT2D eigenvalue weighted by Crippen LogP contribution is 2.18. The van der Waals surface area contributed by atoms with Gasteiger partial charge in [-0.25, -0.2) is 18.7 Å². The first-order valence-electron chi connectivity index (χ1n) is 7.97. The molecule has 1 atom stereocenters. The van der Waals surface area contributed by atoms with E-state index in [1.54, 1.807) is 30.3 Å². The lowest BCUT2D eigenvalue weighted by molar-refractivity contribution is -0.138. The number of nitrogens with zero attached hydrogens (tertiary/aromatic N) is 4. The van der Waals surface area contributed by atoms with Gasteiger partial charge in [0.1, 0.15) is 5.75 Å². The topological polar surface area (TPSA) is 58.6 Å². The normalized spacial score (nSPS) is 15.8. The minimum absolute atomic E-state index is 0.121. The number of rotatable bonds is 4. The molecule has 1 aliphatic rings. The van der Waals surface area contributed by atoms with Crippen molar-refractivity contribution in [3.63, 3.8) is 0 Å². The minimum atomic E-state index is -1.01. The Hall–Kier alpha value is -2.77. The third-order valence-electron chi connectivity index (χ3n) is 3.98. The van der Waals surface area contributed by atoms with Gasteiger partial charge in [-0.05, 0) is 25.1 Å². The van der Waals surface area contributed by atoms with Crippen molar-refractivity contribution in [2.45, 2.75) is 13.0 Å². The van der Waals surface area contributed by atoms with Gasteiger partial charge in [0, 0.05) is 44.6 Å². The summed E-state index contributed by atoms with van der Waals surface area (Å²) in [6.45, 7) is 3.86. The molecule has 132 valence electrons.